The number of rotatable bonds is 8. The molecular formula is C34H38N4O. The molecular weight excluding hydrogens is 480 g/mol. The Kier molecular flexibility index (Phi) is 8.38. The molecule has 1 fully saturated rings. The second-order valence-corrected chi connectivity index (χ2v) is 10.8. The number of benzene rings is 3. The highest BCUT2D eigenvalue weighted by Crippen LogP contribution is 2.23. The summed E-state index contributed by atoms with van der Waals surface area (Å²) in [5.41, 5.74) is 11.5. The third kappa shape index (κ3) is 6.73. The van der Waals surface area contributed by atoms with E-state index in [1.54, 1.807) is 6.21 Å². The maximum atomic E-state index is 12.7. The molecule has 0 bridgehead atoms. The Hall–Kier alpha value is -3.96. The highest BCUT2D eigenvalue weighted by molar-refractivity contribution is 5.95. The molecule has 5 rings (SSSR count). The van der Waals surface area contributed by atoms with E-state index in [-0.39, 0.29) is 5.91 Å². The van der Waals surface area contributed by atoms with Crippen molar-refractivity contribution in [2.24, 2.45) is 11.0 Å². The summed E-state index contributed by atoms with van der Waals surface area (Å²) in [4.78, 5) is 15.2. The van der Waals surface area contributed by atoms with Gasteiger partial charge < -0.3 is 4.57 Å². The fourth-order valence-corrected chi connectivity index (χ4v) is 5.62. The first-order valence-corrected chi connectivity index (χ1v) is 13.9. The van der Waals surface area contributed by atoms with Gasteiger partial charge in [-0.05, 0) is 106 Å². The lowest BCUT2D eigenvalue weighted by atomic mass is 9.90. The zero-order valence-electron chi connectivity index (χ0n) is 23.2. The van der Waals surface area contributed by atoms with Gasteiger partial charge in [0.05, 0.1) is 6.21 Å². The normalized spacial score (nSPS) is 14.6. The fraction of sp³-hybridized carbons (Fsp3) is 0.294. The average molecular weight is 519 g/mol. The van der Waals surface area contributed by atoms with Gasteiger partial charge in [-0.1, -0.05) is 54.6 Å². The summed E-state index contributed by atoms with van der Waals surface area (Å²) < 4.78 is 2.21. The van der Waals surface area contributed by atoms with E-state index >= 15 is 0 Å². The first-order valence-electron chi connectivity index (χ1n) is 13.9. The number of aryl methyl sites for hydroxylation is 2. The van der Waals surface area contributed by atoms with Gasteiger partial charge in [0.1, 0.15) is 0 Å². The second-order valence-electron chi connectivity index (χ2n) is 10.8. The molecule has 1 aromatic heterocycles. The van der Waals surface area contributed by atoms with Crippen molar-refractivity contribution in [1.82, 2.24) is 14.9 Å². The van der Waals surface area contributed by atoms with E-state index < -0.39 is 0 Å². The fourth-order valence-electron chi connectivity index (χ4n) is 5.62. The minimum Gasteiger partial charge on any atom is -0.318 e. The minimum atomic E-state index is -0.202. The number of amides is 1. The molecule has 3 aromatic carbocycles. The van der Waals surface area contributed by atoms with E-state index in [2.05, 4.69) is 114 Å². The number of likely N-dealkylation sites (tertiary alicyclic amines) is 1. The molecule has 0 radical (unpaired) electrons. The quantitative estimate of drug-likeness (QED) is 0.210. The van der Waals surface area contributed by atoms with E-state index in [1.807, 2.05) is 12.1 Å². The lowest BCUT2D eigenvalue weighted by Crippen LogP contribution is -2.33. The molecule has 200 valence electrons. The van der Waals surface area contributed by atoms with Gasteiger partial charge in [0, 0.05) is 34.7 Å². The van der Waals surface area contributed by atoms with Gasteiger partial charge in [-0.2, -0.15) is 5.10 Å². The third-order valence-corrected chi connectivity index (χ3v) is 7.80. The van der Waals surface area contributed by atoms with Crippen LogP contribution in [0.2, 0.25) is 0 Å². The molecule has 1 aliphatic heterocycles. The summed E-state index contributed by atoms with van der Waals surface area (Å²) >= 11 is 0. The molecule has 1 amide bonds. The first kappa shape index (κ1) is 26.6. The lowest BCUT2D eigenvalue weighted by molar-refractivity contribution is 0.0955. The zero-order valence-corrected chi connectivity index (χ0v) is 23.2. The number of carbonyl (C=O) groups is 1. The van der Waals surface area contributed by atoms with Gasteiger partial charge >= 0.3 is 0 Å². The summed E-state index contributed by atoms with van der Waals surface area (Å²) in [6.07, 6.45) is 5.38. The van der Waals surface area contributed by atoms with Crippen LogP contribution in [0.3, 0.4) is 0 Å². The number of piperidine rings is 1. The summed E-state index contributed by atoms with van der Waals surface area (Å²) in [6.45, 7) is 9.42. The largest absolute Gasteiger partial charge is 0.318 e. The predicted octanol–water partition coefficient (Wildman–Crippen LogP) is 6.62. The van der Waals surface area contributed by atoms with Gasteiger partial charge in [-0.15, -0.1) is 0 Å². The molecule has 5 nitrogen and oxygen atoms in total. The second kappa shape index (κ2) is 12.3. The van der Waals surface area contributed by atoms with Gasteiger partial charge in [0.2, 0.25) is 0 Å². The van der Waals surface area contributed by atoms with Crippen LogP contribution >= 0.6 is 0 Å². The van der Waals surface area contributed by atoms with Crippen LogP contribution in [-0.2, 0) is 13.0 Å². The predicted molar refractivity (Wildman–Crippen MR) is 160 cm³/mol. The topological polar surface area (TPSA) is 49.6 Å². The van der Waals surface area contributed by atoms with Crippen LogP contribution in [0.4, 0.5) is 0 Å². The van der Waals surface area contributed by atoms with Crippen LogP contribution in [0.15, 0.2) is 90.0 Å². The highest BCUT2D eigenvalue weighted by atomic mass is 16.2. The first-order chi connectivity index (χ1) is 19.0. The van der Waals surface area contributed by atoms with Gasteiger partial charge in [0.25, 0.3) is 5.91 Å². The van der Waals surface area contributed by atoms with Crippen LogP contribution in [0, 0.1) is 26.7 Å². The summed E-state index contributed by atoms with van der Waals surface area (Å²) in [5.74, 6) is 0.566. The summed E-state index contributed by atoms with van der Waals surface area (Å²) in [5, 5.41) is 4.25. The molecule has 0 spiro atoms. The van der Waals surface area contributed by atoms with Crippen molar-refractivity contribution in [2.45, 2.75) is 46.6 Å². The highest BCUT2D eigenvalue weighted by Gasteiger charge is 2.19. The zero-order chi connectivity index (χ0) is 27.2. The number of hydrogen-bond acceptors (Lipinski definition) is 3. The number of hydrogen-bond donors (Lipinski definition) is 1. The summed E-state index contributed by atoms with van der Waals surface area (Å²) in [7, 11) is 0. The number of carbonyl (C=O) groups excluding carboxylic acids is 1. The molecule has 2 heterocycles. The molecule has 0 atom stereocenters. The van der Waals surface area contributed by atoms with Crippen LogP contribution in [-0.4, -0.2) is 34.7 Å². The van der Waals surface area contributed by atoms with Crippen molar-refractivity contribution >= 4 is 12.1 Å². The van der Waals surface area contributed by atoms with Crippen molar-refractivity contribution in [2.75, 3.05) is 13.1 Å². The Morgan fingerprint density at radius 3 is 2.36 bits per heavy atom. The van der Waals surface area contributed by atoms with Gasteiger partial charge in [-0.25, -0.2) is 5.43 Å². The van der Waals surface area contributed by atoms with Crippen LogP contribution in [0.5, 0.6) is 0 Å². The maximum Gasteiger partial charge on any atom is 0.271 e. The number of nitrogens with zero attached hydrogens (tertiary/aromatic N) is 3. The van der Waals surface area contributed by atoms with Crippen molar-refractivity contribution < 1.29 is 4.79 Å². The molecule has 0 aliphatic carbocycles. The molecule has 1 N–H and O–H groups in total. The number of aromatic nitrogens is 1. The minimum absolute atomic E-state index is 0.202. The van der Waals surface area contributed by atoms with E-state index in [9.17, 15) is 4.79 Å². The van der Waals surface area contributed by atoms with Gasteiger partial charge in [-0.3, -0.25) is 9.69 Å². The smallest absolute Gasteiger partial charge is 0.271 e. The van der Waals surface area contributed by atoms with Crippen molar-refractivity contribution in [3.8, 4) is 5.69 Å². The lowest BCUT2D eigenvalue weighted by Gasteiger charge is -2.32. The molecule has 39 heavy (non-hydrogen) atoms. The maximum absolute atomic E-state index is 12.7. The third-order valence-electron chi connectivity index (χ3n) is 7.80. The van der Waals surface area contributed by atoms with E-state index in [0.717, 1.165) is 48.2 Å². The number of hydrazone groups is 1. The van der Waals surface area contributed by atoms with Crippen LogP contribution in [0.1, 0.15) is 56.8 Å². The molecule has 4 aromatic rings. The van der Waals surface area contributed by atoms with Gasteiger partial charge in [0.15, 0.2) is 0 Å². The van der Waals surface area contributed by atoms with E-state index in [4.69, 9.17) is 0 Å². The molecule has 0 unspecified atom stereocenters. The molecule has 1 saturated heterocycles. The Bertz CT molecular complexity index is 1430. The van der Waals surface area contributed by atoms with Crippen LogP contribution in [0.25, 0.3) is 5.69 Å². The average Bonchev–Trinajstić information content (AvgIpc) is 3.23. The monoisotopic (exact) mass is 518 g/mol. The molecule has 0 saturated carbocycles. The Morgan fingerprint density at radius 1 is 0.897 bits per heavy atom. The van der Waals surface area contributed by atoms with E-state index in [1.165, 1.54) is 36.0 Å². The Morgan fingerprint density at radius 2 is 1.64 bits per heavy atom. The Balaban J connectivity index is 1.12. The summed E-state index contributed by atoms with van der Waals surface area (Å²) in [6, 6.07) is 29.3. The van der Waals surface area contributed by atoms with Crippen molar-refractivity contribution in [1.29, 1.82) is 0 Å². The van der Waals surface area contributed by atoms with Crippen molar-refractivity contribution in [3.05, 3.63) is 124 Å². The SMILES string of the molecule is Cc1cccc(-n2c(C)cc(/C=N\NC(=O)c3ccc(CN4CCC(Cc5ccccc5)CC4)cc3)c2C)c1. The molecule has 1 aliphatic rings. The molecule has 5 heteroatoms. The van der Waals surface area contributed by atoms with Crippen molar-refractivity contribution in [3.63, 3.8) is 0 Å². The van der Waals surface area contributed by atoms with Crippen LogP contribution < -0.4 is 5.43 Å². The Labute approximate surface area is 232 Å². The van der Waals surface area contributed by atoms with E-state index in [0.29, 0.717) is 5.56 Å². The number of nitrogens with one attached hydrogen (secondary N) is 1. The standard InChI is InChI=1S/C34H38N4O/c1-25-8-7-11-33(20-25)38-26(2)21-32(27(38)3)23-35-36-34(39)31-14-12-30(13-15-31)24-37-18-16-29(17-19-37)22-28-9-5-4-6-10-28/h4-15,20-21,23,29H,16-19,22,24H2,1-3H3,(H,36,39)/b35-23-.